The van der Waals surface area contributed by atoms with Crippen LogP contribution in [-0.2, 0) is 0 Å². The second kappa shape index (κ2) is 10.0. The predicted octanol–water partition coefficient (Wildman–Crippen LogP) is 4.46. The second-order valence-corrected chi connectivity index (χ2v) is 7.86. The summed E-state index contributed by atoms with van der Waals surface area (Å²) in [5.41, 5.74) is 2.01. The first-order valence-electron chi connectivity index (χ1n) is 9.55. The Kier molecular flexibility index (Phi) is 7.44. The number of ketones is 1. The van der Waals surface area contributed by atoms with Crippen LogP contribution in [0.5, 0.6) is 5.75 Å². The van der Waals surface area contributed by atoms with Crippen LogP contribution in [0.3, 0.4) is 0 Å². The van der Waals surface area contributed by atoms with Crippen molar-refractivity contribution < 1.29 is 9.53 Å². The average molecular weight is 431 g/mol. The molecule has 1 saturated heterocycles. The molecular formula is C22H27BrN2O2. The Balaban J connectivity index is 1.63. The monoisotopic (exact) mass is 430 g/mol. The number of likely N-dealkylation sites (tertiary alicyclic amines) is 1. The predicted molar refractivity (Wildman–Crippen MR) is 113 cm³/mol. The van der Waals surface area contributed by atoms with Crippen LogP contribution in [0.4, 0.5) is 0 Å². The van der Waals surface area contributed by atoms with Crippen molar-refractivity contribution in [3.63, 3.8) is 0 Å². The zero-order valence-electron chi connectivity index (χ0n) is 15.8. The number of rotatable bonds is 8. The fourth-order valence-electron chi connectivity index (χ4n) is 3.57. The van der Waals surface area contributed by atoms with E-state index in [0.717, 1.165) is 35.4 Å². The summed E-state index contributed by atoms with van der Waals surface area (Å²) in [7, 11) is 1.69. The number of benzene rings is 2. The highest BCUT2D eigenvalue weighted by Crippen LogP contribution is 2.25. The molecule has 0 amide bonds. The fourth-order valence-corrected chi connectivity index (χ4v) is 3.84. The van der Waals surface area contributed by atoms with E-state index in [1.807, 2.05) is 36.4 Å². The van der Waals surface area contributed by atoms with Gasteiger partial charge in [-0.05, 0) is 55.8 Å². The Morgan fingerprint density at radius 1 is 1.07 bits per heavy atom. The smallest absolute Gasteiger partial charge is 0.176 e. The van der Waals surface area contributed by atoms with E-state index < -0.39 is 0 Å². The van der Waals surface area contributed by atoms with Gasteiger partial charge in [-0.15, -0.1) is 0 Å². The Morgan fingerprint density at radius 2 is 1.74 bits per heavy atom. The first-order valence-corrected chi connectivity index (χ1v) is 10.3. The minimum atomic E-state index is 0.120. The van der Waals surface area contributed by atoms with Crippen molar-refractivity contribution in [1.29, 1.82) is 0 Å². The number of carbonyl (C=O) groups excluding carboxylic acids is 1. The molecule has 5 heteroatoms. The summed E-state index contributed by atoms with van der Waals surface area (Å²) in [4.78, 5) is 15.0. The molecule has 1 aliphatic heterocycles. The van der Waals surface area contributed by atoms with Crippen molar-refractivity contribution in [3.05, 3.63) is 64.1 Å². The Bertz CT molecular complexity index is 725. The van der Waals surface area contributed by atoms with Crippen LogP contribution in [0.25, 0.3) is 0 Å². The van der Waals surface area contributed by atoms with Gasteiger partial charge in [-0.25, -0.2) is 0 Å². The molecule has 0 spiro atoms. The van der Waals surface area contributed by atoms with Crippen LogP contribution >= 0.6 is 15.9 Å². The fraction of sp³-hybridized carbons (Fsp3) is 0.409. The number of hydrogen-bond donors (Lipinski definition) is 1. The van der Waals surface area contributed by atoms with E-state index >= 15 is 0 Å². The molecule has 2 aromatic rings. The van der Waals surface area contributed by atoms with Gasteiger partial charge in [0.15, 0.2) is 5.78 Å². The highest BCUT2D eigenvalue weighted by atomic mass is 79.9. The van der Waals surface area contributed by atoms with Gasteiger partial charge in [0.1, 0.15) is 5.75 Å². The van der Waals surface area contributed by atoms with Crippen LogP contribution in [-0.4, -0.2) is 44.0 Å². The number of piperidine rings is 1. The van der Waals surface area contributed by atoms with Gasteiger partial charge in [-0.3, -0.25) is 9.69 Å². The van der Waals surface area contributed by atoms with Crippen LogP contribution in [0.1, 0.15) is 41.2 Å². The van der Waals surface area contributed by atoms with Gasteiger partial charge >= 0.3 is 0 Å². The number of nitrogens with zero attached hydrogens (tertiary/aromatic N) is 1. The molecule has 1 fully saturated rings. The van der Waals surface area contributed by atoms with Crippen molar-refractivity contribution in [2.75, 3.05) is 33.3 Å². The first kappa shape index (κ1) is 20.1. The number of Topliss-reactive ketones (excluding diaryl/α,β-unsaturated/α-hetero) is 1. The lowest BCUT2D eigenvalue weighted by molar-refractivity contribution is 0.0983. The summed E-state index contributed by atoms with van der Waals surface area (Å²) in [5.74, 6) is 0.990. The molecule has 0 bridgehead atoms. The third-order valence-corrected chi connectivity index (χ3v) is 5.65. The number of ether oxygens (including phenoxy) is 1. The summed E-state index contributed by atoms with van der Waals surface area (Å²) < 4.78 is 6.27. The summed E-state index contributed by atoms with van der Waals surface area (Å²) >= 11 is 3.41. The van der Waals surface area contributed by atoms with Gasteiger partial charge in [0, 0.05) is 22.6 Å². The number of carbonyl (C=O) groups is 1. The number of hydrogen-bond acceptors (Lipinski definition) is 4. The van der Waals surface area contributed by atoms with Gasteiger partial charge in [-0.2, -0.15) is 0 Å². The molecule has 144 valence electrons. The lowest BCUT2D eigenvalue weighted by Gasteiger charge is -2.35. The van der Waals surface area contributed by atoms with Crippen LogP contribution in [0.2, 0.25) is 0 Å². The normalized spacial score (nSPS) is 16.1. The van der Waals surface area contributed by atoms with Crippen molar-refractivity contribution in [3.8, 4) is 5.75 Å². The van der Waals surface area contributed by atoms with Crippen molar-refractivity contribution in [2.24, 2.45) is 0 Å². The number of methoxy groups -OCH3 is 1. The van der Waals surface area contributed by atoms with Crippen LogP contribution in [0.15, 0.2) is 53.0 Å². The molecular weight excluding hydrogens is 404 g/mol. The summed E-state index contributed by atoms with van der Waals surface area (Å²) in [5, 5.41) is 3.39. The minimum absolute atomic E-state index is 0.120. The number of halogens is 1. The van der Waals surface area contributed by atoms with Crippen LogP contribution in [0, 0.1) is 0 Å². The van der Waals surface area contributed by atoms with E-state index in [2.05, 4.69) is 38.3 Å². The minimum Gasteiger partial charge on any atom is -0.497 e. The van der Waals surface area contributed by atoms with Crippen molar-refractivity contribution in [1.82, 2.24) is 10.2 Å². The highest BCUT2D eigenvalue weighted by molar-refractivity contribution is 9.10. The summed E-state index contributed by atoms with van der Waals surface area (Å²) in [6.07, 6.45) is 3.79. The van der Waals surface area contributed by atoms with Gasteiger partial charge in [-0.1, -0.05) is 46.6 Å². The van der Waals surface area contributed by atoms with E-state index in [-0.39, 0.29) is 11.8 Å². The standard InChI is InChI=1S/C22H27BrN2O2/c1-27-20-11-7-17(8-12-20)21(25-13-3-2-4-14-25)15-24-16-22(26)18-5-9-19(23)10-6-18/h5-12,21,24H,2-4,13-16H2,1H3. The Morgan fingerprint density at radius 3 is 2.37 bits per heavy atom. The van der Waals surface area contributed by atoms with Gasteiger partial charge in [0.2, 0.25) is 0 Å². The zero-order valence-corrected chi connectivity index (χ0v) is 17.4. The molecule has 27 heavy (non-hydrogen) atoms. The molecule has 1 aliphatic rings. The van der Waals surface area contributed by atoms with Crippen LogP contribution < -0.4 is 10.1 Å². The molecule has 0 aromatic heterocycles. The largest absolute Gasteiger partial charge is 0.497 e. The zero-order chi connectivity index (χ0) is 19.1. The highest BCUT2D eigenvalue weighted by Gasteiger charge is 2.22. The number of nitrogens with one attached hydrogen (secondary N) is 1. The van der Waals surface area contributed by atoms with Gasteiger partial charge < -0.3 is 10.1 Å². The van der Waals surface area contributed by atoms with Gasteiger partial charge in [0.05, 0.1) is 13.7 Å². The molecule has 1 N–H and O–H groups in total. The topological polar surface area (TPSA) is 41.6 Å². The molecule has 0 radical (unpaired) electrons. The van der Waals surface area contributed by atoms with E-state index in [1.54, 1.807) is 7.11 Å². The van der Waals surface area contributed by atoms with E-state index in [1.165, 1.54) is 24.8 Å². The average Bonchev–Trinajstić information content (AvgIpc) is 2.72. The van der Waals surface area contributed by atoms with E-state index in [9.17, 15) is 4.79 Å². The third-order valence-electron chi connectivity index (χ3n) is 5.12. The maximum Gasteiger partial charge on any atom is 0.176 e. The molecule has 1 heterocycles. The van der Waals surface area contributed by atoms with Crippen molar-refractivity contribution in [2.45, 2.75) is 25.3 Å². The molecule has 1 unspecified atom stereocenters. The molecule has 2 aromatic carbocycles. The van der Waals surface area contributed by atoms with E-state index in [4.69, 9.17) is 4.74 Å². The SMILES string of the molecule is COc1ccc(C(CNCC(=O)c2ccc(Br)cc2)N2CCCCC2)cc1. The second-order valence-electron chi connectivity index (χ2n) is 6.95. The first-order chi connectivity index (χ1) is 13.2. The van der Waals surface area contributed by atoms with Gasteiger partial charge in [0.25, 0.3) is 0 Å². The molecule has 0 saturated carbocycles. The lowest BCUT2D eigenvalue weighted by Crippen LogP contribution is -2.40. The Hall–Kier alpha value is -1.69. The maximum absolute atomic E-state index is 12.4. The Labute approximate surface area is 170 Å². The molecule has 3 rings (SSSR count). The lowest BCUT2D eigenvalue weighted by atomic mass is 10.0. The molecule has 4 nitrogen and oxygen atoms in total. The van der Waals surface area contributed by atoms with E-state index in [0.29, 0.717) is 6.54 Å². The summed E-state index contributed by atoms with van der Waals surface area (Å²) in [6, 6.07) is 16.1. The third kappa shape index (κ3) is 5.64. The van der Waals surface area contributed by atoms with Crippen molar-refractivity contribution >= 4 is 21.7 Å². The maximum atomic E-state index is 12.4. The molecule has 1 atom stereocenters. The summed E-state index contributed by atoms with van der Waals surface area (Å²) in [6.45, 7) is 3.33. The molecule has 0 aliphatic carbocycles. The quantitative estimate of drug-likeness (QED) is 0.627.